The molecule has 0 bridgehead atoms. The van der Waals surface area contributed by atoms with E-state index in [-0.39, 0.29) is 36.0 Å². The van der Waals surface area contributed by atoms with Crippen molar-refractivity contribution in [2.45, 2.75) is 4.90 Å². The van der Waals surface area contributed by atoms with Crippen molar-refractivity contribution in [1.82, 2.24) is 8.61 Å². The molecule has 21 heavy (non-hydrogen) atoms. The van der Waals surface area contributed by atoms with Crippen molar-refractivity contribution in [3.63, 3.8) is 0 Å². The summed E-state index contributed by atoms with van der Waals surface area (Å²) < 4.78 is 49.9. The van der Waals surface area contributed by atoms with Gasteiger partial charge >= 0.3 is 5.97 Å². The summed E-state index contributed by atoms with van der Waals surface area (Å²) in [6.45, 7) is 0.281. The molecule has 1 aromatic heterocycles. The van der Waals surface area contributed by atoms with Gasteiger partial charge in [0.15, 0.2) is 0 Å². The number of sulfonamides is 2. The third kappa shape index (κ3) is 3.43. The molecule has 1 aliphatic heterocycles. The number of carboxylic acids is 1. The van der Waals surface area contributed by atoms with Gasteiger partial charge in [-0.2, -0.15) is 8.61 Å². The van der Waals surface area contributed by atoms with E-state index in [9.17, 15) is 21.6 Å². The summed E-state index contributed by atoms with van der Waals surface area (Å²) >= 11 is 0.842. The second kappa shape index (κ2) is 5.65. The van der Waals surface area contributed by atoms with Crippen LogP contribution in [0, 0.1) is 0 Å². The van der Waals surface area contributed by atoms with Crippen molar-refractivity contribution >= 4 is 37.4 Å². The number of rotatable bonds is 4. The first-order valence-electron chi connectivity index (χ1n) is 5.89. The maximum Gasteiger partial charge on any atom is 0.345 e. The molecule has 1 N–H and O–H groups in total. The van der Waals surface area contributed by atoms with E-state index in [2.05, 4.69) is 0 Å². The van der Waals surface area contributed by atoms with E-state index in [1.165, 1.54) is 14.0 Å². The molecule has 1 fully saturated rings. The van der Waals surface area contributed by atoms with Gasteiger partial charge in [0.1, 0.15) is 4.88 Å². The van der Waals surface area contributed by atoms with Gasteiger partial charge in [0.2, 0.25) is 20.0 Å². The van der Waals surface area contributed by atoms with Crippen LogP contribution >= 0.6 is 11.3 Å². The van der Waals surface area contributed by atoms with Gasteiger partial charge in [-0.3, -0.25) is 0 Å². The lowest BCUT2D eigenvalue weighted by Crippen LogP contribution is -2.50. The summed E-state index contributed by atoms with van der Waals surface area (Å²) in [4.78, 5) is 10.7. The largest absolute Gasteiger partial charge is 0.477 e. The second-order valence-electron chi connectivity index (χ2n) is 4.52. The maximum absolute atomic E-state index is 12.4. The third-order valence-electron chi connectivity index (χ3n) is 3.09. The molecule has 1 aromatic rings. The SMILES string of the molecule is CS(=O)(=O)N1CCN(S(=O)(=O)c2csc(C(=O)O)c2)CC1. The maximum atomic E-state index is 12.4. The van der Waals surface area contributed by atoms with E-state index >= 15 is 0 Å². The van der Waals surface area contributed by atoms with Crippen molar-refractivity contribution in [3.05, 3.63) is 16.3 Å². The van der Waals surface area contributed by atoms with E-state index in [0.29, 0.717) is 0 Å². The van der Waals surface area contributed by atoms with E-state index in [4.69, 9.17) is 5.11 Å². The zero-order chi connectivity index (χ0) is 15.8. The Morgan fingerprint density at radius 2 is 1.67 bits per heavy atom. The van der Waals surface area contributed by atoms with Crippen LogP contribution in [0.3, 0.4) is 0 Å². The highest BCUT2D eigenvalue weighted by Crippen LogP contribution is 2.24. The summed E-state index contributed by atoms with van der Waals surface area (Å²) in [6.07, 6.45) is 1.08. The molecule has 0 aromatic carbocycles. The van der Waals surface area contributed by atoms with Gasteiger partial charge in [-0.15, -0.1) is 11.3 Å². The number of hydrogen-bond acceptors (Lipinski definition) is 6. The van der Waals surface area contributed by atoms with E-state index < -0.39 is 26.0 Å². The lowest BCUT2D eigenvalue weighted by molar-refractivity contribution is 0.0702. The minimum Gasteiger partial charge on any atom is -0.477 e. The number of carbonyl (C=O) groups is 1. The Hall–Kier alpha value is -1.01. The Labute approximate surface area is 126 Å². The average Bonchev–Trinajstić information content (AvgIpc) is 2.88. The molecule has 2 heterocycles. The lowest BCUT2D eigenvalue weighted by Gasteiger charge is -2.32. The monoisotopic (exact) mass is 354 g/mol. The Morgan fingerprint density at radius 1 is 1.14 bits per heavy atom. The first kappa shape index (κ1) is 16.4. The molecule has 0 saturated carbocycles. The van der Waals surface area contributed by atoms with Gasteiger partial charge in [0.05, 0.1) is 11.2 Å². The van der Waals surface area contributed by atoms with E-state index in [0.717, 1.165) is 23.7 Å². The molecule has 0 aliphatic carbocycles. The summed E-state index contributed by atoms with van der Waals surface area (Å²) in [7, 11) is -7.12. The van der Waals surface area contributed by atoms with Crippen LogP contribution in [0.25, 0.3) is 0 Å². The lowest BCUT2D eigenvalue weighted by atomic mass is 10.4. The molecular weight excluding hydrogens is 340 g/mol. The predicted octanol–water partition coefficient (Wildman–Crippen LogP) is -0.288. The van der Waals surface area contributed by atoms with Crippen LogP contribution in [0.2, 0.25) is 0 Å². The number of carboxylic acid groups (broad SMARTS) is 1. The van der Waals surface area contributed by atoms with Crippen LogP contribution in [0.15, 0.2) is 16.3 Å². The molecule has 0 radical (unpaired) electrons. The molecule has 1 saturated heterocycles. The predicted molar refractivity (Wildman–Crippen MR) is 76.5 cm³/mol. The van der Waals surface area contributed by atoms with Gasteiger partial charge in [0, 0.05) is 31.6 Å². The van der Waals surface area contributed by atoms with Crippen molar-refractivity contribution in [1.29, 1.82) is 0 Å². The zero-order valence-corrected chi connectivity index (χ0v) is 13.5. The fourth-order valence-electron chi connectivity index (χ4n) is 1.96. The molecule has 11 heteroatoms. The standard InChI is InChI=1S/C10H14N2O6S3/c1-20(15,16)11-2-4-12(5-3-11)21(17,18)8-6-9(10(13)14)19-7-8/h6-7H,2-5H2,1H3,(H,13,14). The summed E-state index contributed by atoms with van der Waals surface area (Å²) in [6, 6.07) is 1.12. The van der Waals surface area contributed by atoms with E-state index in [1.807, 2.05) is 0 Å². The van der Waals surface area contributed by atoms with Crippen molar-refractivity contribution in [3.8, 4) is 0 Å². The Kier molecular flexibility index (Phi) is 4.40. The first-order chi connectivity index (χ1) is 9.62. The average molecular weight is 354 g/mol. The van der Waals surface area contributed by atoms with Gasteiger partial charge in [-0.1, -0.05) is 0 Å². The normalized spacial score (nSPS) is 18.7. The van der Waals surface area contributed by atoms with Crippen molar-refractivity contribution in [2.24, 2.45) is 0 Å². The van der Waals surface area contributed by atoms with Crippen LogP contribution in [-0.4, -0.2) is 69.0 Å². The minimum absolute atomic E-state index is 0.0493. The highest BCUT2D eigenvalue weighted by atomic mass is 32.2. The number of nitrogens with zero attached hydrogens (tertiary/aromatic N) is 2. The van der Waals surface area contributed by atoms with E-state index in [1.54, 1.807) is 0 Å². The van der Waals surface area contributed by atoms with Gasteiger partial charge in [-0.25, -0.2) is 21.6 Å². The molecule has 8 nitrogen and oxygen atoms in total. The molecule has 1 aliphatic rings. The minimum atomic E-state index is -3.78. The third-order valence-corrected chi connectivity index (χ3v) is 7.34. The van der Waals surface area contributed by atoms with Gasteiger partial charge < -0.3 is 5.11 Å². The van der Waals surface area contributed by atoms with Crippen LogP contribution in [-0.2, 0) is 20.0 Å². The van der Waals surface area contributed by atoms with Crippen LogP contribution in [0.1, 0.15) is 9.67 Å². The molecule has 0 atom stereocenters. The van der Waals surface area contributed by atoms with Gasteiger partial charge in [0.25, 0.3) is 0 Å². The summed E-state index contributed by atoms with van der Waals surface area (Å²) in [5.41, 5.74) is 0. The Balaban J connectivity index is 2.16. The number of aromatic carboxylic acids is 1. The Morgan fingerprint density at radius 3 is 2.10 bits per heavy atom. The summed E-state index contributed by atoms with van der Waals surface area (Å²) in [5, 5.41) is 10.1. The van der Waals surface area contributed by atoms with Crippen LogP contribution in [0.4, 0.5) is 0 Å². The zero-order valence-electron chi connectivity index (χ0n) is 11.1. The highest BCUT2D eigenvalue weighted by Gasteiger charge is 2.32. The van der Waals surface area contributed by atoms with Gasteiger partial charge in [-0.05, 0) is 6.07 Å². The summed E-state index contributed by atoms with van der Waals surface area (Å²) in [5.74, 6) is -1.18. The fourth-order valence-corrected chi connectivity index (χ4v) is 5.30. The van der Waals surface area contributed by atoms with Crippen molar-refractivity contribution in [2.75, 3.05) is 32.4 Å². The molecule has 2 rings (SSSR count). The van der Waals surface area contributed by atoms with Crippen LogP contribution in [0.5, 0.6) is 0 Å². The molecule has 0 amide bonds. The molecule has 118 valence electrons. The first-order valence-corrected chi connectivity index (χ1v) is 10.1. The quantitative estimate of drug-likeness (QED) is 0.795. The number of piperazine rings is 1. The van der Waals surface area contributed by atoms with Crippen LogP contribution < -0.4 is 0 Å². The Bertz CT molecular complexity index is 744. The fraction of sp³-hybridized carbons (Fsp3) is 0.500. The molecule has 0 unspecified atom stereocenters. The molecule has 0 spiro atoms. The second-order valence-corrected chi connectivity index (χ2v) is 9.35. The molecular formula is C10H14N2O6S3. The number of thiophene rings is 1. The topological polar surface area (TPSA) is 112 Å². The highest BCUT2D eigenvalue weighted by molar-refractivity contribution is 7.89. The number of hydrogen-bond donors (Lipinski definition) is 1. The smallest absolute Gasteiger partial charge is 0.345 e. The van der Waals surface area contributed by atoms with Crippen molar-refractivity contribution < 1.29 is 26.7 Å².